The third kappa shape index (κ3) is 6.36. The van der Waals surface area contributed by atoms with Crippen LogP contribution in [0.15, 0.2) is 126 Å². The summed E-state index contributed by atoms with van der Waals surface area (Å²) in [6, 6.07) is 24.0. The number of hydrogen-bond acceptors (Lipinski definition) is 9. The summed E-state index contributed by atoms with van der Waals surface area (Å²) in [5.41, 5.74) is -3.97. The SMILES string of the molecule is C=CC[C@]1(OC(=O)c2ccccc2)[C@H](n2ccc(=O)[nH]c2=O)O[C@](F)(COC(=O)c2ccccc2)[C@H]1OC(=O)c1ccccc1. The lowest BCUT2D eigenvalue weighted by molar-refractivity contribution is -0.208. The molecule has 0 radical (unpaired) electrons. The van der Waals surface area contributed by atoms with Gasteiger partial charge in [0.2, 0.25) is 11.7 Å². The van der Waals surface area contributed by atoms with E-state index in [-0.39, 0.29) is 16.7 Å². The molecule has 3 aromatic carbocycles. The number of ether oxygens (including phenoxy) is 4. The number of hydrogen-bond donors (Lipinski definition) is 1. The van der Waals surface area contributed by atoms with Gasteiger partial charge in [-0.2, -0.15) is 0 Å². The molecular formula is C33H27FN2O9. The molecule has 0 saturated carbocycles. The van der Waals surface area contributed by atoms with Gasteiger partial charge < -0.3 is 18.9 Å². The van der Waals surface area contributed by atoms with Gasteiger partial charge in [0.05, 0.1) is 16.7 Å². The average Bonchev–Trinajstić information content (AvgIpc) is 3.28. The molecule has 1 N–H and O–H groups in total. The zero-order valence-electron chi connectivity index (χ0n) is 23.7. The highest BCUT2D eigenvalue weighted by atomic mass is 19.2. The number of aromatic nitrogens is 2. The first-order valence-electron chi connectivity index (χ1n) is 13.7. The summed E-state index contributed by atoms with van der Waals surface area (Å²) in [6.45, 7) is 2.56. The Morgan fingerprint density at radius 2 is 1.38 bits per heavy atom. The number of nitrogens with one attached hydrogen (secondary N) is 1. The molecule has 45 heavy (non-hydrogen) atoms. The molecule has 0 unspecified atom stereocenters. The summed E-state index contributed by atoms with van der Waals surface area (Å²) in [6.07, 6.45) is -2.15. The fourth-order valence-electron chi connectivity index (χ4n) is 5.00. The molecule has 4 atom stereocenters. The zero-order chi connectivity index (χ0) is 32.0. The van der Waals surface area contributed by atoms with Crippen LogP contribution in [-0.2, 0) is 18.9 Å². The van der Waals surface area contributed by atoms with Gasteiger partial charge in [-0.15, -0.1) is 6.58 Å². The summed E-state index contributed by atoms with van der Waals surface area (Å²) >= 11 is 0. The van der Waals surface area contributed by atoms with Crippen molar-refractivity contribution in [1.82, 2.24) is 9.55 Å². The number of alkyl halides is 1. The molecule has 2 heterocycles. The Kier molecular flexibility index (Phi) is 8.86. The lowest BCUT2D eigenvalue weighted by atomic mass is 9.88. The van der Waals surface area contributed by atoms with Crippen LogP contribution in [0.2, 0.25) is 0 Å². The number of esters is 3. The Balaban J connectivity index is 1.65. The van der Waals surface area contributed by atoms with Crippen LogP contribution in [0.3, 0.4) is 0 Å². The van der Waals surface area contributed by atoms with Gasteiger partial charge in [0.25, 0.3) is 11.4 Å². The Bertz CT molecular complexity index is 1810. The molecule has 230 valence electrons. The Hall–Kier alpha value is -5.62. The second-order valence-corrected chi connectivity index (χ2v) is 10.1. The summed E-state index contributed by atoms with van der Waals surface area (Å²) in [4.78, 5) is 66.8. The normalized spacial score (nSPS) is 22.2. The number of rotatable bonds is 10. The average molecular weight is 615 g/mol. The smallest absolute Gasteiger partial charge is 0.338 e. The van der Waals surface area contributed by atoms with Gasteiger partial charge in [0, 0.05) is 18.7 Å². The molecule has 1 aliphatic rings. The van der Waals surface area contributed by atoms with Crippen molar-refractivity contribution < 1.29 is 37.7 Å². The number of nitrogens with zero attached hydrogens (tertiary/aromatic N) is 1. The van der Waals surface area contributed by atoms with Crippen molar-refractivity contribution in [2.75, 3.05) is 6.61 Å². The second-order valence-electron chi connectivity index (χ2n) is 10.1. The zero-order valence-corrected chi connectivity index (χ0v) is 23.7. The Morgan fingerprint density at radius 3 is 1.91 bits per heavy atom. The first-order chi connectivity index (χ1) is 21.7. The quantitative estimate of drug-likeness (QED) is 0.159. The van der Waals surface area contributed by atoms with E-state index in [1.54, 1.807) is 54.6 Å². The fourth-order valence-corrected chi connectivity index (χ4v) is 5.00. The molecular weight excluding hydrogens is 587 g/mol. The van der Waals surface area contributed by atoms with Gasteiger partial charge in [-0.3, -0.25) is 14.3 Å². The molecule has 1 aliphatic heterocycles. The molecule has 0 spiro atoms. The Morgan fingerprint density at radius 1 is 0.844 bits per heavy atom. The summed E-state index contributed by atoms with van der Waals surface area (Å²) < 4.78 is 40.9. The third-order valence-corrected chi connectivity index (χ3v) is 7.06. The predicted molar refractivity (Wildman–Crippen MR) is 157 cm³/mol. The van der Waals surface area contributed by atoms with E-state index in [0.717, 1.165) is 16.8 Å². The topological polar surface area (TPSA) is 143 Å². The van der Waals surface area contributed by atoms with E-state index in [1.165, 1.54) is 42.5 Å². The van der Waals surface area contributed by atoms with E-state index < -0.39 is 66.0 Å². The second kappa shape index (κ2) is 12.9. The van der Waals surface area contributed by atoms with Crippen LogP contribution in [-0.4, -0.2) is 51.6 Å². The third-order valence-electron chi connectivity index (χ3n) is 7.06. The van der Waals surface area contributed by atoms with E-state index in [2.05, 4.69) is 11.6 Å². The number of benzene rings is 3. The Labute approximate surface area is 255 Å². The number of halogens is 1. The largest absolute Gasteiger partial charge is 0.456 e. The molecule has 0 aliphatic carbocycles. The molecule has 1 fully saturated rings. The van der Waals surface area contributed by atoms with E-state index in [4.69, 9.17) is 18.9 Å². The van der Waals surface area contributed by atoms with Crippen molar-refractivity contribution in [3.05, 3.63) is 153 Å². The summed E-state index contributed by atoms with van der Waals surface area (Å²) in [7, 11) is 0. The van der Waals surface area contributed by atoms with Crippen molar-refractivity contribution in [2.45, 2.75) is 30.2 Å². The molecule has 11 nitrogen and oxygen atoms in total. The minimum atomic E-state index is -3.20. The van der Waals surface area contributed by atoms with Gasteiger partial charge >= 0.3 is 23.6 Å². The lowest BCUT2D eigenvalue weighted by Gasteiger charge is -2.37. The van der Waals surface area contributed by atoms with Crippen molar-refractivity contribution in [1.29, 1.82) is 0 Å². The minimum Gasteiger partial charge on any atom is -0.456 e. The van der Waals surface area contributed by atoms with Gasteiger partial charge in [-0.25, -0.2) is 23.6 Å². The molecule has 1 saturated heterocycles. The first kappa shape index (κ1) is 30.8. The molecule has 5 rings (SSSR count). The maximum atomic E-state index is 17.4. The van der Waals surface area contributed by atoms with Gasteiger partial charge in [-0.1, -0.05) is 60.7 Å². The molecule has 0 amide bonds. The van der Waals surface area contributed by atoms with E-state index in [1.807, 2.05) is 0 Å². The number of carbonyl (C=O) groups excluding carboxylic acids is 3. The van der Waals surface area contributed by atoms with Crippen LogP contribution in [0.25, 0.3) is 0 Å². The monoisotopic (exact) mass is 614 g/mol. The van der Waals surface area contributed by atoms with Crippen LogP contribution >= 0.6 is 0 Å². The van der Waals surface area contributed by atoms with Crippen LogP contribution < -0.4 is 11.2 Å². The van der Waals surface area contributed by atoms with E-state index in [9.17, 15) is 24.0 Å². The van der Waals surface area contributed by atoms with E-state index >= 15 is 4.39 Å². The van der Waals surface area contributed by atoms with Crippen LogP contribution in [0.5, 0.6) is 0 Å². The standard InChI is InChI=1S/C33H27FN2O9/c1-2-19-32(44-28(40)24-16-10-5-11-17-24)29(43-27(39)23-14-8-4-9-15-23)33(34,21-42-26(38)22-12-6-3-7-13-22)45-30(32)36-20-18-25(37)35-31(36)41/h2-18,20,29-30H,1,19,21H2,(H,35,37,41)/t29-,30+,32+,33+/m0/s1. The van der Waals surface area contributed by atoms with Gasteiger partial charge in [-0.05, 0) is 36.4 Å². The number of carbonyl (C=O) groups is 3. The van der Waals surface area contributed by atoms with Crippen LogP contribution in [0.4, 0.5) is 4.39 Å². The van der Waals surface area contributed by atoms with Crippen molar-refractivity contribution in [3.63, 3.8) is 0 Å². The fraction of sp³-hybridized carbons (Fsp3) is 0.182. The van der Waals surface area contributed by atoms with Crippen molar-refractivity contribution >= 4 is 17.9 Å². The van der Waals surface area contributed by atoms with Crippen molar-refractivity contribution in [2.24, 2.45) is 0 Å². The highest BCUT2D eigenvalue weighted by Gasteiger charge is 2.71. The summed E-state index contributed by atoms with van der Waals surface area (Å²) in [5.74, 6) is -6.13. The maximum absolute atomic E-state index is 17.4. The highest BCUT2D eigenvalue weighted by Crippen LogP contribution is 2.51. The minimum absolute atomic E-state index is 0.0210. The van der Waals surface area contributed by atoms with E-state index in [0.29, 0.717) is 0 Å². The van der Waals surface area contributed by atoms with Gasteiger partial charge in [0.1, 0.15) is 0 Å². The molecule has 1 aromatic heterocycles. The highest BCUT2D eigenvalue weighted by molar-refractivity contribution is 5.91. The predicted octanol–water partition coefficient (Wildman–Crippen LogP) is 3.99. The molecule has 4 aromatic rings. The van der Waals surface area contributed by atoms with Crippen molar-refractivity contribution in [3.8, 4) is 0 Å². The number of H-pyrrole nitrogens is 1. The lowest BCUT2D eigenvalue weighted by Crippen LogP contribution is -2.56. The molecule has 12 heteroatoms. The molecule has 0 bridgehead atoms. The number of aromatic amines is 1. The summed E-state index contributed by atoms with van der Waals surface area (Å²) in [5, 5.41) is 0. The van der Waals surface area contributed by atoms with Crippen LogP contribution in [0, 0.1) is 0 Å². The first-order valence-corrected chi connectivity index (χ1v) is 13.7. The van der Waals surface area contributed by atoms with Crippen LogP contribution in [0.1, 0.15) is 43.7 Å². The maximum Gasteiger partial charge on any atom is 0.338 e. The van der Waals surface area contributed by atoms with Gasteiger partial charge in [0.15, 0.2) is 12.8 Å².